The first-order valence-corrected chi connectivity index (χ1v) is 6.05. The number of nitrogens with zero attached hydrogens (tertiary/aromatic N) is 2. The summed E-state index contributed by atoms with van der Waals surface area (Å²) in [6.45, 7) is 4.59. The SMILES string of the molecule is CC(C)[C@@H](CC1=CCC=C1)n1cc[n+](C)c1. The van der Waals surface area contributed by atoms with Gasteiger partial charge in [-0.3, -0.25) is 0 Å². The highest BCUT2D eigenvalue weighted by Gasteiger charge is 2.21. The molecule has 0 fully saturated rings. The Bertz CT molecular complexity index is 410. The average Bonchev–Trinajstić information content (AvgIpc) is 2.84. The summed E-state index contributed by atoms with van der Waals surface area (Å²) < 4.78 is 4.44. The van der Waals surface area contributed by atoms with E-state index in [1.165, 1.54) is 5.57 Å². The zero-order valence-corrected chi connectivity index (χ0v) is 10.4. The molecule has 2 nitrogen and oxygen atoms in total. The summed E-state index contributed by atoms with van der Waals surface area (Å²) in [5.74, 6) is 0.655. The van der Waals surface area contributed by atoms with Crippen LogP contribution in [0.25, 0.3) is 0 Å². The molecule has 1 heterocycles. The molecule has 1 aliphatic rings. The Morgan fingerprint density at radius 3 is 2.75 bits per heavy atom. The molecule has 0 amide bonds. The van der Waals surface area contributed by atoms with Crippen LogP contribution in [0.4, 0.5) is 0 Å². The van der Waals surface area contributed by atoms with Gasteiger partial charge in [0.15, 0.2) is 0 Å². The molecule has 1 aliphatic carbocycles. The van der Waals surface area contributed by atoms with Gasteiger partial charge in [-0.25, -0.2) is 9.13 Å². The summed E-state index contributed by atoms with van der Waals surface area (Å²) in [7, 11) is 2.07. The molecule has 0 saturated heterocycles. The van der Waals surface area contributed by atoms with Gasteiger partial charge in [-0.1, -0.05) is 32.1 Å². The minimum atomic E-state index is 0.565. The van der Waals surface area contributed by atoms with Gasteiger partial charge in [-0.2, -0.15) is 0 Å². The lowest BCUT2D eigenvalue weighted by Gasteiger charge is -2.17. The monoisotopic (exact) mass is 217 g/mol. The highest BCUT2D eigenvalue weighted by molar-refractivity contribution is 5.26. The lowest BCUT2D eigenvalue weighted by Crippen LogP contribution is -2.25. The van der Waals surface area contributed by atoms with Gasteiger partial charge in [-0.15, -0.1) is 0 Å². The minimum Gasteiger partial charge on any atom is -0.240 e. The van der Waals surface area contributed by atoms with E-state index in [1.807, 2.05) is 0 Å². The van der Waals surface area contributed by atoms with E-state index in [2.05, 4.69) is 67.0 Å². The average molecular weight is 217 g/mol. The molecular weight excluding hydrogens is 196 g/mol. The van der Waals surface area contributed by atoms with Crippen molar-refractivity contribution in [1.82, 2.24) is 4.57 Å². The predicted octanol–water partition coefficient (Wildman–Crippen LogP) is 2.79. The topological polar surface area (TPSA) is 8.81 Å². The Labute approximate surface area is 97.9 Å². The molecule has 0 unspecified atom stereocenters. The number of aryl methyl sites for hydroxylation is 1. The minimum absolute atomic E-state index is 0.565. The number of hydrogen-bond acceptors (Lipinski definition) is 0. The van der Waals surface area contributed by atoms with Crippen LogP contribution in [0.1, 0.15) is 32.7 Å². The van der Waals surface area contributed by atoms with Crippen LogP contribution in [-0.4, -0.2) is 4.57 Å². The highest BCUT2D eigenvalue weighted by Crippen LogP contribution is 2.27. The molecule has 0 aromatic carbocycles. The van der Waals surface area contributed by atoms with E-state index in [0.29, 0.717) is 12.0 Å². The second-order valence-corrected chi connectivity index (χ2v) is 4.96. The van der Waals surface area contributed by atoms with E-state index in [4.69, 9.17) is 0 Å². The van der Waals surface area contributed by atoms with Crippen LogP contribution < -0.4 is 4.57 Å². The first kappa shape index (κ1) is 11.2. The molecule has 0 N–H and O–H groups in total. The summed E-state index contributed by atoms with van der Waals surface area (Å²) in [4.78, 5) is 0. The van der Waals surface area contributed by atoms with Crippen molar-refractivity contribution in [2.75, 3.05) is 0 Å². The summed E-state index contributed by atoms with van der Waals surface area (Å²) in [6.07, 6.45) is 15.5. The second-order valence-electron chi connectivity index (χ2n) is 4.96. The fraction of sp³-hybridized carbons (Fsp3) is 0.500. The number of imidazole rings is 1. The van der Waals surface area contributed by atoms with Gasteiger partial charge in [0.1, 0.15) is 18.4 Å². The maximum atomic E-state index is 2.33. The second kappa shape index (κ2) is 4.69. The molecular formula is C14H21N2+. The molecule has 2 rings (SSSR count). The van der Waals surface area contributed by atoms with Gasteiger partial charge in [-0.05, 0) is 17.9 Å². The summed E-state index contributed by atoms with van der Waals surface area (Å²) in [5.41, 5.74) is 1.48. The molecule has 16 heavy (non-hydrogen) atoms. The maximum absolute atomic E-state index is 2.33. The van der Waals surface area contributed by atoms with Crippen molar-refractivity contribution in [3.8, 4) is 0 Å². The standard InChI is InChI=1S/C14H21N2/c1-12(2)14(10-13-6-4-5-7-13)16-9-8-15(3)11-16/h4,6-9,11-12,14H,5,10H2,1-3H3/q+1/t14-/m1/s1. The molecule has 0 spiro atoms. The summed E-state index contributed by atoms with van der Waals surface area (Å²) in [5, 5.41) is 0. The number of allylic oxidation sites excluding steroid dienone is 4. The molecule has 86 valence electrons. The lowest BCUT2D eigenvalue weighted by atomic mass is 9.96. The van der Waals surface area contributed by atoms with Gasteiger partial charge in [0, 0.05) is 6.42 Å². The number of rotatable bonds is 4. The van der Waals surface area contributed by atoms with E-state index < -0.39 is 0 Å². The van der Waals surface area contributed by atoms with E-state index >= 15 is 0 Å². The molecule has 1 aromatic heterocycles. The third-order valence-corrected chi connectivity index (χ3v) is 3.23. The largest absolute Gasteiger partial charge is 0.243 e. The quantitative estimate of drug-likeness (QED) is 0.686. The zero-order valence-electron chi connectivity index (χ0n) is 10.4. The van der Waals surface area contributed by atoms with Crippen LogP contribution in [0, 0.1) is 5.92 Å². The van der Waals surface area contributed by atoms with E-state index in [0.717, 1.165) is 12.8 Å². The molecule has 0 bridgehead atoms. The third-order valence-electron chi connectivity index (χ3n) is 3.23. The van der Waals surface area contributed by atoms with E-state index in [9.17, 15) is 0 Å². The maximum Gasteiger partial charge on any atom is 0.243 e. The third kappa shape index (κ3) is 2.43. The van der Waals surface area contributed by atoms with Crippen molar-refractivity contribution < 1.29 is 4.57 Å². The Morgan fingerprint density at radius 1 is 1.44 bits per heavy atom. The van der Waals surface area contributed by atoms with Crippen LogP contribution in [0.5, 0.6) is 0 Å². The van der Waals surface area contributed by atoms with Crippen molar-refractivity contribution in [3.63, 3.8) is 0 Å². The van der Waals surface area contributed by atoms with Crippen molar-refractivity contribution in [2.24, 2.45) is 13.0 Å². The lowest BCUT2D eigenvalue weighted by molar-refractivity contribution is -0.671. The highest BCUT2D eigenvalue weighted by atomic mass is 15.1. The van der Waals surface area contributed by atoms with Gasteiger partial charge < -0.3 is 0 Å². The fourth-order valence-corrected chi connectivity index (χ4v) is 2.25. The van der Waals surface area contributed by atoms with Crippen LogP contribution in [-0.2, 0) is 7.05 Å². The molecule has 0 saturated carbocycles. The Balaban J connectivity index is 2.14. The van der Waals surface area contributed by atoms with Gasteiger partial charge >= 0.3 is 0 Å². The normalized spacial score (nSPS) is 16.9. The van der Waals surface area contributed by atoms with Gasteiger partial charge in [0.25, 0.3) is 0 Å². The first-order valence-electron chi connectivity index (χ1n) is 6.05. The predicted molar refractivity (Wildman–Crippen MR) is 65.9 cm³/mol. The molecule has 2 heteroatoms. The van der Waals surface area contributed by atoms with Crippen LogP contribution in [0.2, 0.25) is 0 Å². The Hall–Kier alpha value is -1.31. The van der Waals surface area contributed by atoms with E-state index in [1.54, 1.807) is 0 Å². The number of aromatic nitrogens is 2. The van der Waals surface area contributed by atoms with Crippen molar-refractivity contribution >= 4 is 0 Å². The summed E-state index contributed by atoms with van der Waals surface area (Å²) in [6, 6.07) is 0.565. The Morgan fingerprint density at radius 2 is 2.25 bits per heavy atom. The van der Waals surface area contributed by atoms with E-state index in [-0.39, 0.29) is 0 Å². The fourth-order valence-electron chi connectivity index (χ4n) is 2.25. The molecule has 0 radical (unpaired) electrons. The van der Waals surface area contributed by atoms with Crippen LogP contribution in [0.15, 0.2) is 42.5 Å². The zero-order chi connectivity index (χ0) is 11.5. The van der Waals surface area contributed by atoms with Crippen molar-refractivity contribution in [2.45, 2.75) is 32.7 Å². The molecule has 1 atom stereocenters. The summed E-state index contributed by atoms with van der Waals surface area (Å²) >= 11 is 0. The van der Waals surface area contributed by atoms with Crippen molar-refractivity contribution in [3.05, 3.63) is 42.5 Å². The molecule has 1 aromatic rings. The Kier molecular flexibility index (Phi) is 3.28. The first-order chi connectivity index (χ1) is 7.66. The van der Waals surface area contributed by atoms with Gasteiger partial charge in [0.2, 0.25) is 6.33 Å². The van der Waals surface area contributed by atoms with Gasteiger partial charge in [0.05, 0.1) is 7.05 Å². The van der Waals surface area contributed by atoms with Crippen LogP contribution >= 0.6 is 0 Å². The molecule has 0 aliphatic heterocycles. The smallest absolute Gasteiger partial charge is 0.240 e. The van der Waals surface area contributed by atoms with Crippen LogP contribution in [0.3, 0.4) is 0 Å². The number of hydrogen-bond donors (Lipinski definition) is 0. The van der Waals surface area contributed by atoms with Crippen molar-refractivity contribution in [1.29, 1.82) is 0 Å².